The Labute approximate surface area is 142 Å². The highest BCUT2D eigenvalue weighted by Crippen LogP contribution is 2.34. The number of fused-ring (bicyclic) bond motifs is 3. The van der Waals surface area contributed by atoms with E-state index in [4.69, 9.17) is 12.2 Å². The SMILES string of the molecule is CSc1nc2sc3c(c2c(=O)n1NC(=S)N(C)C)CCCC3. The highest BCUT2D eigenvalue weighted by Gasteiger charge is 2.22. The first kappa shape index (κ1) is 15.8. The van der Waals surface area contributed by atoms with Gasteiger partial charge in [0.1, 0.15) is 4.83 Å². The minimum Gasteiger partial charge on any atom is -0.354 e. The predicted molar refractivity (Wildman–Crippen MR) is 97.9 cm³/mol. The molecule has 2 heterocycles. The number of rotatable bonds is 2. The third-order valence-electron chi connectivity index (χ3n) is 3.75. The van der Waals surface area contributed by atoms with Gasteiger partial charge in [-0.25, -0.2) is 4.98 Å². The Kier molecular flexibility index (Phi) is 4.42. The van der Waals surface area contributed by atoms with Crippen molar-refractivity contribution >= 4 is 50.6 Å². The Bertz CT molecular complexity index is 793. The van der Waals surface area contributed by atoms with Crippen molar-refractivity contribution in [1.29, 1.82) is 0 Å². The zero-order valence-corrected chi connectivity index (χ0v) is 15.3. The summed E-state index contributed by atoms with van der Waals surface area (Å²) in [7, 11) is 3.69. The molecule has 0 saturated heterocycles. The van der Waals surface area contributed by atoms with E-state index in [0.29, 0.717) is 10.3 Å². The summed E-state index contributed by atoms with van der Waals surface area (Å²) in [6.07, 6.45) is 6.30. The van der Waals surface area contributed by atoms with Crippen molar-refractivity contribution in [2.75, 3.05) is 25.8 Å². The first-order valence-electron chi connectivity index (χ1n) is 7.12. The summed E-state index contributed by atoms with van der Waals surface area (Å²) in [6, 6.07) is 0. The average Bonchev–Trinajstić information content (AvgIpc) is 2.87. The maximum absolute atomic E-state index is 13.0. The van der Waals surface area contributed by atoms with Crippen LogP contribution in [0.3, 0.4) is 0 Å². The number of aryl methyl sites for hydroxylation is 2. The second kappa shape index (κ2) is 6.17. The Hall–Kier alpha value is -1.12. The second-order valence-corrected chi connectivity index (χ2v) is 7.69. The molecule has 0 atom stereocenters. The van der Waals surface area contributed by atoms with Crippen LogP contribution in [-0.2, 0) is 12.8 Å². The van der Waals surface area contributed by atoms with Crippen LogP contribution in [0.1, 0.15) is 23.3 Å². The van der Waals surface area contributed by atoms with E-state index in [2.05, 4.69) is 10.4 Å². The largest absolute Gasteiger partial charge is 0.354 e. The van der Waals surface area contributed by atoms with Gasteiger partial charge in [0.15, 0.2) is 10.3 Å². The molecule has 0 bridgehead atoms. The minimum atomic E-state index is -0.0436. The third-order valence-corrected chi connectivity index (χ3v) is 6.04. The van der Waals surface area contributed by atoms with Gasteiger partial charge in [0.05, 0.1) is 5.39 Å². The molecule has 3 rings (SSSR count). The number of thioether (sulfide) groups is 1. The van der Waals surface area contributed by atoms with Crippen LogP contribution in [-0.4, -0.2) is 40.0 Å². The van der Waals surface area contributed by atoms with Crippen molar-refractivity contribution in [1.82, 2.24) is 14.6 Å². The van der Waals surface area contributed by atoms with Crippen LogP contribution in [0.4, 0.5) is 0 Å². The van der Waals surface area contributed by atoms with Gasteiger partial charge >= 0.3 is 0 Å². The van der Waals surface area contributed by atoms with Gasteiger partial charge in [0.25, 0.3) is 5.56 Å². The molecule has 0 amide bonds. The lowest BCUT2D eigenvalue weighted by Crippen LogP contribution is -2.39. The molecule has 22 heavy (non-hydrogen) atoms. The van der Waals surface area contributed by atoms with E-state index >= 15 is 0 Å². The number of hydrogen-bond acceptors (Lipinski definition) is 5. The van der Waals surface area contributed by atoms with Gasteiger partial charge in [-0.05, 0) is 49.7 Å². The average molecular weight is 355 g/mol. The standard InChI is InChI=1S/C14H18N4OS3/c1-17(2)13(20)16-18-12(19)10-8-6-4-5-7-9(8)22-11(10)15-14(18)21-3/h4-7H2,1-3H3,(H,16,20). The third kappa shape index (κ3) is 2.63. The van der Waals surface area contributed by atoms with E-state index in [1.807, 2.05) is 20.4 Å². The van der Waals surface area contributed by atoms with E-state index in [9.17, 15) is 4.79 Å². The van der Waals surface area contributed by atoms with Crippen LogP contribution < -0.4 is 11.0 Å². The topological polar surface area (TPSA) is 50.2 Å². The lowest BCUT2D eigenvalue weighted by Gasteiger charge is -2.18. The number of nitrogens with one attached hydrogen (secondary N) is 1. The summed E-state index contributed by atoms with van der Waals surface area (Å²) in [5, 5.41) is 1.90. The molecule has 0 unspecified atom stereocenters. The Morgan fingerprint density at radius 3 is 2.82 bits per heavy atom. The van der Waals surface area contributed by atoms with E-state index in [1.165, 1.54) is 33.3 Å². The van der Waals surface area contributed by atoms with Crippen molar-refractivity contribution < 1.29 is 0 Å². The molecular weight excluding hydrogens is 336 g/mol. The fourth-order valence-electron chi connectivity index (χ4n) is 2.62. The molecule has 0 spiro atoms. The number of nitrogens with zero attached hydrogens (tertiary/aromatic N) is 3. The maximum Gasteiger partial charge on any atom is 0.282 e. The second-order valence-electron chi connectivity index (χ2n) is 5.44. The van der Waals surface area contributed by atoms with Gasteiger partial charge in [0, 0.05) is 19.0 Å². The van der Waals surface area contributed by atoms with Crippen LogP contribution >= 0.6 is 35.3 Å². The summed E-state index contributed by atoms with van der Waals surface area (Å²) in [5.41, 5.74) is 4.15. The maximum atomic E-state index is 13.0. The van der Waals surface area contributed by atoms with Crippen LogP contribution in [0.25, 0.3) is 10.2 Å². The first-order valence-corrected chi connectivity index (χ1v) is 9.57. The molecule has 0 radical (unpaired) electrons. The number of aromatic nitrogens is 2. The molecule has 1 N–H and O–H groups in total. The van der Waals surface area contributed by atoms with Gasteiger partial charge < -0.3 is 4.90 Å². The molecule has 8 heteroatoms. The molecule has 0 aromatic carbocycles. The normalized spacial score (nSPS) is 14.0. The van der Waals surface area contributed by atoms with Gasteiger partial charge in [-0.3, -0.25) is 10.2 Å². The molecule has 5 nitrogen and oxygen atoms in total. The number of thiophene rings is 1. The van der Waals surface area contributed by atoms with Crippen LogP contribution in [0.5, 0.6) is 0 Å². The van der Waals surface area contributed by atoms with Crippen LogP contribution in [0.2, 0.25) is 0 Å². The molecule has 118 valence electrons. The fourth-order valence-corrected chi connectivity index (χ4v) is 4.51. The monoisotopic (exact) mass is 354 g/mol. The van der Waals surface area contributed by atoms with Gasteiger partial charge in [-0.1, -0.05) is 11.8 Å². The summed E-state index contributed by atoms with van der Waals surface area (Å²) in [6.45, 7) is 0. The number of hydrogen-bond donors (Lipinski definition) is 1. The van der Waals surface area contributed by atoms with Gasteiger partial charge in [0.2, 0.25) is 0 Å². The van der Waals surface area contributed by atoms with Crippen molar-refractivity contribution in [3.05, 3.63) is 20.8 Å². The molecule has 2 aromatic rings. The Balaban J connectivity index is 2.20. The summed E-state index contributed by atoms with van der Waals surface area (Å²) < 4.78 is 1.48. The highest BCUT2D eigenvalue weighted by atomic mass is 32.2. The zero-order valence-electron chi connectivity index (χ0n) is 12.8. The molecule has 2 aromatic heterocycles. The van der Waals surface area contributed by atoms with E-state index in [0.717, 1.165) is 29.5 Å². The summed E-state index contributed by atoms with van der Waals surface area (Å²) in [4.78, 5) is 21.6. The quantitative estimate of drug-likeness (QED) is 0.508. The van der Waals surface area contributed by atoms with Crippen LogP contribution in [0, 0.1) is 0 Å². The first-order chi connectivity index (χ1) is 10.5. The molecule has 0 saturated carbocycles. The Morgan fingerprint density at radius 2 is 2.14 bits per heavy atom. The molecular formula is C14H18N4OS3. The van der Waals surface area contributed by atoms with E-state index in [-0.39, 0.29) is 5.56 Å². The highest BCUT2D eigenvalue weighted by molar-refractivity contribution is 7.98. The summed E-state index contributed by atoms with van der Waals surface area (Å²) in [5.74, 6) is 0. The van der Waals surface area contributed by atoms with Crippen molar-refractivity contribution in [2.45, 2.75) is 30.8 Å². The van der Waals surface area contributed by atoms with Crippen molar-refractivity contribution in [2.24, 2.45) is 0 Å². The van der Waals surface area contributed by atoms with E-state index in [1.54, 1.807) is 16.2 Å². The van der Waals surface area contributed by atoms with Crippen molar-refractivity contribution in [3.63, 3.8) is 0 Å². The lowest BCUT2D eigenvalue weighted by atomic mass is 9.97. The molecule has 0 aliphatic heterocycles. The minimum absolute atomic E-state index is 0.0436. The van der Waals surface area contributed by atoms with E-state index < -0.39 is 0 Å². The number of thiocarbonyl (C=S) groups is 1. The molecule has 0 fully saturated rings. The van der Waals surface area contributed by atoms with Crippen LogP contribution in [0.15, 0.2) is 9.95 Å². The lowest BCUT2D eigenvalue weighted by molar-refractivity contribution is 0.614. The van der Waals surface area contributed by atoms with Gasteiger partial charge in [-0.2, -0.15) is 4.68 Å². The fraction of sp³-hybridized carbons (Fsp3) is 0.500. The predicted octanol–water partition coefficient (Wildman–Crippen LogP) is 2.45. The van der Waals surface area contributed by atoms with Gasteiger partial charge in [-0.15, -0.1) is 11.3 Å². The molecule has 1 aliphatic rings. The summed E-state index contributed by atoms with van der Waals surface area (Å²) >= 11 is 8.38. The zero-order chi connectivity index (χ0) is 15.9. The smallest absolute Gasteiger partial charge is 0.282 e. The molecule has 1 aliphatic carbocycles. The Morgan fingerprint density at radius 1 is 1.41 bits per heavy atom. The van der Waals surface area contributed by atoms with Crippen molar-refractivity contribution in [3.8, 4) is 0 Å².